The van der Waals surface area contributed by atoms with Gasteiger partial charge in [-0.3, -0.25) is 4.79 Å². The second-order valence-corrected chi connectivity index (χ2v) is 11.8. The number of rotatable bonds is 3. The molecule has 4 saturated carbocycles. The fourth-order valence-electron chi connectivity index (χ4n) is 8.74. The summed E-state index contributed by atoms with van der Waals surface area (Å²) in [5.41, 5.74) is 6.00. The molecule has 0 radical (unpaired) electrons. The van der Waals surface area contributed by atoms with Crippen molar-refractivity contribution in [2.45, 2.75) is 50.1 Å². The molecule has 3 nitrogen and oxygen atoms in total. The molecule has 3 aromatic carbocycles. The lowest BCUT2D eigenvalue weighted by Gasteiger charge is -2.61. The first kappa shape index (κ1) is 20.8. The topological polar surface area (TPSA) is 36.1 Å². The zero-order chi connectivity index (χ0) is 24.0. The molecule has 0 saturated heterocycles. The number of aromatic nitrogens is 1. The number of halogens is 1. The maximum absolute atomic E-state index is 14.3. The van der Waals surface area contributed by atoms with Crippen molar-refractivity contribution in [2.75, 3.05) is 0 Å². The van der Waals surface area contributed by atoms with E-state index in [0.29, 0.717) is 0 Å². The van der Waals surface area contributed by atoms with Crippen molar-refractivity contribution in [2.24, 2.45) is 17.8 Å². The molecule has 9 rings (SSSR count). The monoisotopic (exact) mass is 476 g/mol. The number of fused-ring (bicyclic) bond motifs is 2. The number of aromatic amines is 1. The van der Waals surface area contributed by atoms with Crippen LogP contribution in [0.3, 0.4) is 0 Å². The Morgan fingerprint density at radius 3 is 2.17 bits per heavy atom. The van der Waals surface area contributed by atoms with E-state index >= 15 is 0 Å². The number of para-hydroxylation sites is 1. The summed E-state index contributed by atoms with van der Waals surface area (Å²) in [6, 6.07) is 23.2. The average Bonchev–Trinajstić information content (AvgIpc) is 3.39. The molecule has 4 aliphatic carbocycles. The maximum Gasteiger partial charge on any atom is 0.255 e. The number of carbonyl (C=O) groups excluding carboxylic acids is 1. The van der Waals surface area contributed by atoms with Gasteiger partial charge in [0.05, 0.1) is 11.7 Å². The number of benzene rings is 3. The van der Waals surface area contributed by atoms with E-state index in [1.165, 1.54) is 31.4 Å². The van der Waals surface area contributed by atoms with Gasteiger partial charge in [-0.25, -0.2) is 4.39 Å². The Kier molecular flexibility index (Phi) is 4.22. The summed E-state index contributed by atoms with van der Waals surface area (Å²) < 4.78 is 13.9. The molecule has 4 heteroatoms. The standard InChI is InChI=1S/C32H29FN2O/c33-23-11-9-22(10-12-23)29-28(26-7-3-4-8-27(26)34-29)30-24-5-1-2-6-25(24)31(36)35(30)32-16-19-13-20(17-32)15-21(14-19)18-32/h1-12,19-21,30,34H,13-18H2/t19?,20?,21?,30-,32?/m1/s1. The quantitative estimate of drug-likeness (QED) is 0.327. The average molecular weight is 477 g/mol. The predicted molar refractivity (Wildman–Crippen MR) is 139 cm³/mol. The normalized spacial score (nSPS) is 30.4. The first-order valence-corrected chi connectivity index (χ1v) is 13.4. The first-order chi connectivity index (χ1) is 17.6. The van der Waals surface area contributed by atoms with Gasteiger partial charge in [-0.15, -0.1) is 0 Å². The molecule has 180 valence electrons. The summed E-state index contributed by atoms with van der Waals surface area (Å²) in [6.45, 7) is 0. The van der Waals surface area contributed by atoms with E-state index in [9.17, 15) is 9.18 Å². The lowest BCUT2D eigenvalue weighted by Crippen LogP contribution is -2.61. The van der Waals surface area contributed by atoms with Crippen LogP contribution >= 0.6 is 0 Å². The van der Waals surface area contributed by atoms with Crippen LogP contribution in [0.25, 0.3) is 22.2 Å². The number of nitrogens with one attached hydrogen (secondary N) is 1. The van der Waals surface area contributed by atoms with Gasteiger partial charge in [-0.2, -0.15) is 0 Å². The number of hydrogen-bond donors (Lipinski definition) is 1. The minimum Gasteiger partial charge on any atom is -0.354 e. The molecule has 1 aromatic heterocycles. The van der Waals surface area contributed by atoms with Crippen LogP contribution in [0, 0.1) is 23.6 Å². The van der Waals surface area contributed by atoms with Crippen molar-refractivity contribution in [1.82, 2.24) is 9.88 Å². The van der Waals surface area contributed by atoms with E-state index in [-0.39, 0.29) is 23.3 Å². The van der Waals surface area contributed by atoms with Crippen LogP contribution in [0.2, 0.25) is 0 Å². The van der Waals surface area contributed by atoms with Crippen molar-refractivity contribution in [3.05, 3.63) is 95.3 Å². The lowest BCUT2D eigenvalue weighted by molar-refractivity contribution is -0.0805. The van der Waals surface area contributed by atoms with Gasteiger partial charge in [0.2, 0.25) is 0 Å². The van der Waals surface area contributed by atoms with Crippen molar-refractivity contribution in [3.8, 4) is 11.3 Å². The van der Waals surface area contributed by atoms with E-state index in [2.05, 4.69) is 40.2 Å². The van der Waals surface area contributed by atoms with E-state index in [1.54, 1.807) is 0 Å². The Bertz CT molecular complexity index is 1480. The van der Waals surface area contributed by atoms with E-state index < -0.39 is 0 Å². The molecule has 4 bridgehead atoms. The number of H-pyrrole nitrogens is 1. The smallest absolute Gasteiger partial charge is 0.255 e. The van der Waals surface area contributed by atoms with Crippen LogP contribution < -0.4 is 0 Å². The van der Waals surface area contributed by atoms with Crippen LogP contribution in [0.15, 0.2) is 72.8 Å². The maximum atomic E-state index is 14.3. The van der Waals surface area contributed by atoms with E-state index in [1.807, 2.05) is 30.3 Å². The van der Waals surface area contributed by atoms with Crippen molar-refractivity contribution < 1.29 is 9.18 Å². The van der Waals surface area contributed by atoms with Crippen molar-refractivity contribution >= 4 is 16.8 Å². The van der Waals surface area contributed by atoms with E-state index in [4.69, 9.17) is 0 Å². The summed E-state index contributed by atoms with van der Waals surface area (Å²) in [5.74, 6) is 2.18. The summed E-state index contributed by atoms with van der Waals surface area (Å²) in [7, 11) is 0. The fraction of sp³-hybridized carbons (Fsp3) is 0.344. The highest BCUT2D eigenvalue weighted by atomic mass is 19.1. The molecule has 4 aromatic rings. The number of nitrogens with zero attached hydrogens (tertiary/aromatic N) is 1. The van der Waals surface area contributed by atoms with E-state index in [0.717, 1.165) is 75.9 Å². The Hall–Kier alpha value is -3.40. The zero-order valence-corrected chi connectivity index (χ0v) is 20.2. The Balaban J connectivity index is 1.39. The molecule has 1 N–H and O–H groups in total. The minimum absolute atomic E-state index is 0.0754. The van der Waals surface area contributed by atoms with Gasteiger partial charge < -0.3 is 9.88 Å². The van der Waals surface area contributed by atoms with Crippen LogP contribution in [0.4, 0.5) is 4.39 Å². The molecule has 1 aliphatic heterocycles. The molecule has 36 heavy (non-hydrogen) atoms. The van der Waals surface area contributed by atoms with Crippen LogP contribution in [0.1, 0.15) is 66.1 Å². The summed E-state index contributed by atoms with van der Waals surface area (Å²) in [6.07, 6.45) is 7.41. The first-order valence-electron chi connectivity index (χ1n) is 13.4. The predicted octanol–water partition coefficient (Wildman–Crippen LogP) is 7.49. The largest absolute Gasteiger partial charge is 0.354 e. The molecule has 0 unspecified atom stereocenters. The molecule has 5 aliphatic rings. The highest BCUT2D eigenvalue weighted by Gasteiger charge is 2.58. The third-order valence-corrected chi connectivity index (χ3v) is 9.63. The summed E-state index contributed by atoms with van der Waals surface area (Å²) in [4.78, 5) is 20.3. The highest BCUT2D eigenvalue weighted by Crippen LogP contribution is 2.61. The Morgan fingerprint density at radius 2 is 1.44 bits per heavy atom. The molecule has 1 atom stereocenters. The fourth-order valence-corrected chi connectivity index (χ4v) is 8.74. The zero-order valence-electron chi connectivity index (χ0n) is 20.2. The summed E-state index contributed by atoms with van der Waals surface area (Å²) >= 11 is 0. The van der Waals surface area contributed by atoms with Gasteiger partial charge in [0.15, 0.2) is 0 Å². The van der Waals surface area contributed by atoms with Gasteiger partial charge in [0, 0.05) is 27.6 Å². The summed E-state index contributed by atoms with van der Waals surface area (Å²) in [5, 5.41) is 1.14. The lowest BCUT2D eigenvalue weighted by atomic mass is 9.52. The molecule has 2 heterocycles. The third kappa shape index (κ3) is 2.81. The van der Waals surface area contributed by atoms with Crippen LogP contribution in [-0.2, 0) is 0 Å². The van der Waals surface area contributed by atoms with Crippen molar-refractivity contribution in [1.29, 1.82) is 0 Å². The molecular weight excluding hydrogens is 447 g/mol. The second-order valence-electron chi connectivity index (χ2n) is 11.8. The molecular formula is C32H29FN2O. The number of carbonyl (C=O) groups is 1. The Morgan fingerprint density at radius 1 is 0.806 bits per heavy atom. The molecule has 0 spiro atoms. The van der Waals surface area contributed by atoms with Gasteiger partial charge >= 0.3 is 0 Å². The third-order valence-electron chi connectivity index (χ3n) is 9.63. The number of hydrogen-bond acceptors (Lipinski definition) is 1. The molecule has 4 fully saturated rings. The van der Waals surface area contributed by atoms with Crippen molar-refractivity contribution in [3.63, 3.8) is 0 Å². The van der Waals surface area contributed by atoms with Gasteiger partial charge in [0.1, 0.15) is 5.82 Å². The van der Waals surface area contributed by atoms with Crippen LogP contribution in [0.5, 0.6) is 0 Å². The number of amides is 1. The highest BCUT2D eigenvalue weighted by molar-refractivity contribution is 6.02. The van der Waals surface area contributed by atoms with Gasteiger partial charge in [-0.05, 0) is 104 Å². The molecule has 1 amide bonds. The van der Waals surface area contributed by atoms with Gasteiger partial charge in [0.25, 0.3) is 5.91 Å². The Labute approximate surface area is 210 Å². The SMILES string of the molecule is O=C1c2ccccc2[C@H](c2c(-c3ccc(F)cc3)[nH]c3ccccc23)N1C12CC3CC(CC(C3)C1)C2. The second kappa shape index (κ2) is 7.32. The van der Waals surface area contributed by atoms with Gasteiger partial charge in [-0.1, -0.05) is 36.4 Å². The minimum atomic E-state index is -0.243. The van der Waals surface area contributed by atoms with Crippen LogP contribution in [-0.4, -0.2) is 21.3 Å².